The quantitative estimate of drug-likeness (QED) is 0.828. The molecule has 102 valence electrons. The predicted octanol–water partition coefficient (Wildman–Crippen LogP) is 3.50. The van der Waals surface area contributed by atoms with Crippen LogP contribution in [0.3, 0.4) is 0 Å². The summed E-state index contributed by atoms with van der Waals surface area (Å²) < 4.78 is 5.66. The van der Waals surface area contributed by atoms with E-state index in [1.165, 1.54) is 0 Å². The van der Waals surface area contributed by atoms with E-state index in [0.29, 0.717) is 28.4 Å². The smallest absolute Gasteiger partial charge is 0.295 e. The Bertz CT molecular complexity index is 613. The number of fused-ring (bicyclic) bond motifs is 1. The summed E-state index contributed by atoms with van der Waals surface area (Å²) in [5, 5.41) is 3.31. The summed E-state index contributed by atoms with van der Waals surface area (Å²) in [5.41, 5.74) is 8.74. The van der Waals surface area contributed by atoms with Gasteiger partial charge >= 0.3 is 0 Å². The molecule has 0 aliphatic heterocycles. The van der Waals surface area contributed by atoms with Crippen molar-refractivity contribution in [1.82, 2.24) is 4.98 Å². The summed E-state index contributed by atoms with van der Waals surface area (Å²) in [6.45, 7) is 10.1. The van der Waals surface area contributed by atoms with Gasteiger partial charge in [-0.1, -0.05) is 27.7 Å². The van der Waals surface area contributed by atoms with Crippen molar-refractivity contribution in [2.45, 2.75) is 27.7 Å². The summed E-state index contributed by atoms with van der Waals surface area (Å²) in [5.74, 6) is 0.639. The van der Waals surface area contributed by atoms with Crippen LogP contribution in [-0.4, -0.2) is 11.5 Å². The average Bonchev–Trinajstić information content (AvgIpc) is 2.63. The van der Waals surface area contributed by atoms with E-state index in [0.717, 1.165) is 17.6 Å². The molecule has 0 atom stereocenters. The Morgan fingerprint density at radius 3 is 2.58 bits per heavy atom. The molecular weight excluding hydrogens is 238 g/mol. The molecule has 3 rings (SSSR count). The normalized spacial score (nSPS) is 20.6. The number of hydrogen-bond donors (Lipinski definition) is 2. The number of nitrogens with zero attached hydrogens (tertiary/aromatic N) is 1. The molecule has 1 heterocycles. The highest BCUT2D eigenvalue weighted by Crippen LogP contribution is 2.68. The second-order valence-corrected chi connectivity index (χ2v) is 6.62. The Balaban J connectivity index is 1.73. The van der Waals surface area contributed by atoms with Gasteiger partial charge in [0.15, 0.2) is 5.58 Å². The highest BCUT2D eigenvalue weighted by atomic mass is 16.4. The minimum Gasteiger partial charge on any atom is -0.423 e. The monoisotopic (exact) mass is 259 g/mol. The lowest BCUT2D eigenvalue weighted by atomic mass is 10.0. The van der Waals surface area contributed by atoms with Crippen LogP contribution in [0.2, 0.25) is 0 Å². The molecular formula is C15H21N3O. The minimum absolute atomic E-state index is 0.371. The zero-order chi connectivity index (χ0) is 13.8. The number of aromatic nitrogens is 1. The molecule has 0 unspecified atom stereocenters. The van der Waals surface area contributed by atoms with Crippen LogP contribution in [-0.2, 0) is 0 Å². The summed E-state index contributed by atoms with van der Waals surface area (Å²) in [6.07, 6.45) is 0. The van der Waals surface area contributed by atoms with Gasteiger partial charge in [-0.05, 0) is 28.9 Å². The molecule has 19 heavy (non-hydrogen) atoms. The first-order valence-corrected chi connectivity index (χ1v) is 6.72. The van der Waals surface area contributed by atoms with E-state index in [4.69, 9.17) is 10.2 Å². The SMILES string of the molecule is CC1(C)C(CNc2nc3ccc(N)cc3o2)C1(C)C. The van der Waals surface area contributed by atoms with Gasteiger partial charge in [-0.15, -0.1) is 0 Å². The number of nitrogens with two attached hydrogens (primary N) is 1. The molecule has 0 radical (unpaired) electrons. The number of benzene rings is 1. The second kappa shape index (κ2) is 3.65. The minimum atomic E-state index is 0.371. The average molecular weight is 259 g/mol. The molecule has 2 aromatic rings. The van der Waals surface area contributed by atoms with Crippen molar-refractivity contribution in [1.29, 1.82) is 0 Å². The predicted molar refractivity (Wildman–Crippen MR) is 78.0 cm³/mol. The third-order valence-electron chi connectivity index (χ3n) is 5.19. The van der Waals surface area contributed by atoms with Crippen LogP contribution in [0.1, 0.15) is 27.7 Å². The van der Waals surface area contributed by atoms with Crippen molar-refractivity contribution in [3.8, 4) is 0 Å². The molecule has 0 spiro atoms. The molecule has 1 aromatic heterocycles. The fraction of sp³-hybridized carbons (Fsp3) is 0.533. The first kappa shape index (κ1) is 12.3. The molecule has 0 saturated heterocycles. The first-order chi connectivity index (χ1) is 8.82. The number of anilines is 2. The van der Waals surface area contributed by atoms with Gasteiger partial charge in [0.05, 0.1) is 0 Å². The van der Waals surface area contributed by atoms with E-state index in [1.807, 2.05) is 12.1 Å². The number of nitrogen functional groups attached to an aromatic ring is 1. The number of oxazole rings is 1. The van der Waals surface area contributed by atoms with Crippen molar-refractivity contribution in [3.05, 3.63) is 18.2 Å². The maximum atomic E-state index is 5.73. The maximum Gasteiger partial charge on any atom is 0.295 e. The highest BCUT2D eigenvalue weighted by molar-refractivity contribution is 5.78. The van der Waals surface area contributed by atoms with E-state index in [9.17, 15) is 0 Å². The van der Waals surface area contributed by atoms with Gasteiger partial charge in [0.2, 0.25) is 0 Å². The largest absolute Gasteiger partial charge is 0.423 e. The highest BCUT2D eigenvalue weighted by Gasteiger charge is 2.64. The fourth-order valence-corrected chi connectivity index (χ4v) is 3.05. The van der Waals surface area contributed by atoms with Crippen LogP contribution in [0.25, 0.3) is 11.1 Å². The Hall–Kier alpha value is -1.71. The van der Waals surface area contributed by atoms with Crippen molar-refractivity contribution in [2.24, 2.45) is 16.7 Å². The lowest BCUT2D eigenvalue weighted by Gasteiger charge is -2.04. The lowest BCUT2D eigenvalue weighted by Crippen LogP contribution is -2.08. The van der Waals surface area contributed by atoms with Gasteiger partial charge in [0.25, 0.3) is 6.01 Å². The van der Waals surface area contributed by atoms with E-state index in [2.05, 4.69) is 38.0 Å². The lowest BCUT2D eigenvalue weighted by molar-refractivity contribution is 0.457. The van der Waals surface area contributed by atoms with Crippen LogP contribution in [0.15, 0.2) is 22.6 Å². The zero-order valence-corrected chi connectivity index (χ0v) is 11.9. The molecule has 1 aliphatic rings. The Morgan fingerprint density at radius 1 is 1.26 bits per heavy atom. The van der Waals surface area contributed by atoms with E-state index >= 15 is 0 Å². The summed E-state index contributed by atoms with van der Waals surface area (Å²) >= 11 is 0. The molecule has 3 N–H and O–H groups in total. The van der Waals surface area contributed by atoms with Crippen LogP contribution in [0.5, 0.6) is 0 Å². The van der Waals surface area contributed by atoms with E-state index in [1.54, 1.807) is 6.07 Å². The molecule has 4 heteroatoms. The summed E-state index contributed by atoms with van der Waals surface area (Å²) in [6, 6.07) is 6.10. The van der Waals surface area contributed by atoms with Gasteiger partial charge < -0.3 is 15.5 Å². The summed E-state index contributed by atoms with van der Waals surface area (Å²) in [4.78, 5) is 4.42. The zero-order valence-electron chi connectivity index (χ0n) is 11.9. The molecule has 1 fully saturated rings. The van der Waals surface area contributed by atoms with Crippen molar-refractivity contribution < 1.29 is 4.42 Å². The molecule has 1 aliphatic carbocycles. The Kier molecular flexibility index (Phi) is 2.37. The van der Waals surface area contributed by atoms with Gasteiger partial charge in [-0.2, -0.15) is 4.98 Å². The van der Waals surface area contributed by atoms with Gasteiger partial charge in [0, 0.05) is 18.3 Å². The van der Waals surface area contributed by atoms with Crippen molar-refractivity contribution >= 4 is 22.8 Å². The molecule has 1 aromatic carbocycles. The van der Waals surface area contributed by atoms with Crippen LogP contribution >= 0.6 is 0 Å². The summed E-state index contributed by atoms with van der Waals surface area (Å²) in [7, 11) is 0. The first-order valence-electron chi connectivity index (χ1n) is 6.72. The molecule has 1 saturated carbocycles. The Morgan fingerprint density at radius 2 is 1.95 bits per heavy atom. The number of nitrogens with one attached hydrogen (secondary N) is 1. The standard InChI is InChI=1S/C15H21N3O/c1-14(2)12(15(14,3)4)8-17-13-18-10-6-5-9(16)7-11(10)19-13/h5-7,12H,8,16H2,1-4H3,(H,17,18). The van der Waals surface area contributed by atoms with Crippen LogP contribution in [0.4, 0.5) is 11.7 Å². The number of rotatable bonds is 3. The molecule has 0 amide bonds. The second-order valence-electron chi connectivity index (χ2n) is 6.62. The third-order valence-corrected chi connectivity index (χ3v) is 5.19. The fourth-order valence-electron chi connectivity index (χ4n) is 3.05. The van der Waals surface area contributed by atoms with Crippen LogP contribution < -0.4 is 11.1 Å². The number of hydrogen-bond acceptors (Lipinski definition) is 4. The van der Waals surface area contributed by atoms with Crippen molar-refractivity contribution in [2.75, 3.05) is 17.6 Å². The third kappa shape index (κ3) is 1.78. The van der Waals surface area contributed by atoms with Gasteiger partial charge in [-0.3, -0.25) is 0 Å². The van der Waals surface area contributed by atoms with Crippen LogP contribution in [0, 0.1) is 16.7 Å². The van der Waals surface area contributed by atoms with Gasteiger partial charge in [-0.25, -0.2) is 0 Å². The van der Waals surface area contributed by atoms with Crippen molar-refractivity contribution in [3.63, 3.8) is 0 Å². The van der Waals surface area contributed by atoms with E-state index in [-0.39, 0.29) is 0 Å². The molecule has 4 nitrogen and oxygen atoms in total. The van der Waals surface area contributed by atoms with E-state index < -0.39 is 0 Å². The Labute approximate surface area is 113 Å². The van der Waals surface area contributed by atoms with Gasteiger partial charge in [0.1, 0.15) is 5.52 Å². The maximum absolute atomic E-state index is 5.73. The topological polar surface area (TPSA) is 64.1 Å². The molecule has 0 bridgehead atoms.